The Labute approximate surface area is 113 Å². The van der Waals surface area contributed by atoms with Crippen molar-refractivity contribution in [2.24, 2.45) is 0 Å². The Hall–Kier alpha value is -1.85. The summed E-state index contributed by atoms with van der Waals surface area (Å²) in [6.07, 6.45) is 3.78. The molecule has 0 unspecified atom stereocenters. The van der Waals surface area contributed by atoms with E-state index in [4.69, 9.17) is 5.11 Å². The minimum Gasteiger partial charge on any atom is -0.481 e. The van der Waals surface area contributed by atoms with Crippen molar-refractivity contribution in [3.05, 3.63) is 17.5 Å². The van der Waals surface area contributed by atoms with Crippen molar-refractivity contribution < 1.29 is 14.7 Å². The fraction of sp³-hybridized carbons (Fsp3) is 0.615. The Morgan fingerprint density at radius 2 is 2.16 bits per heavy atom. The van der Waals surface area contributed by atoms with E-state index in [1.807, 2.05) is 0 Å². The maximum Gasteiger partial charge on any atom is 0.305 e. The Kier molecular flexibility index (Phi) is 5.54. The third-order valence-corrected chi connectivity index (χ3v) is 2.93. The van der Waals surface area contributed by atoms with Crippen LogP contribution < -0.4 is 0 Å². The summed E-state index contributed by atoms with van der Waals surface area (Å²) in [5, 5.41) is 12.9. The molecule has 1 N–H and O–H groups in total. The highest BCUT2D eigenvalue weighted by atomic mass is 16.4. The zero-order valence-corrected chi connectivity index (χ0v) is 11.7. The molecule has 19 heavy (non-hydrogen) atoms. The van der Waals surface area contributed by atoms with E-state index >= 15 is 0 Å². The average Bonchev–Trinajstić information content (AvgIpc) is 2.73. The summed E-state index contributed by atoms with van der Waals surface area (Å²) in [7, 11) is 1.61. The van der Waals surface area contributed by atoms with E-state index in [9.17, 15) is 9.59 Å². The van der Waals surface area contributed by atoms with Crippen molar-refractivity contribution >= 4 is 11.9 Å². The number of rotatable bonds is 7. The molecule has 0 bridgehead atoms. The second-order valence-electron chi connectivity index (χ2n) is 4.62. The van der Waals surface area contributed by atoms with Crippen LogP contribution in [0.15, 0.2) is 6.20 Å². The molecule has 0 fully saturated rings. The molecule has 1 rings (SSSR count). The van der Waals surface area contributed by atoms with Gasteiger partial charge in [0.1, 0.15) is 0 Å². The number of carbonyl (C=O) groups excluding carboxylic acids is 1. The second-order valence-corrected chi connectivity index (χ2v) is 4.62. The van der Waals surface area contributed by atoms with Crippen molar-refractivity contribution in [2.45, 2.75) is 39.7 Å². The van der Waals surface area contributed by atoms with Crippen molar-refractivity contribution in [3.63, 3.8) is 0 Å². The highest BCUT2D eigenvalue weighted by Gasteiger charge is 2.17. The minimum atomic E-state index is -0.907. The molecule has 1 aromatic rings. The third kappa shape index (κ3) is 4.39. The van der Waals surface area contributed by atoms with Gasteiger partial charge in [-0.1, -0.05) is 13.3 Å². The van der Waals surface area contributed by atoms with E-state index < -0.39 is 5.97 Å². The monoisotopic (exact) mass is 267 g/mol. The summed E-state index contributed by atoms with van der Waals surface area (Å²) in [6, 6.07) is 0. The van der Waals surface area contributed by atoms with E-state index in [1.165, 1.54) is 4.90 Å². The Bertz CT molecular complexity index is 454. The minimum absolute atomic E-state index is 0.0503. The lowest BCUT2D eigenvalue weighted by Gasteiger charge is -2.15. The van der Waals surface area contributed by atoms with E-state index in [0.717, 1.165) is 19.4 Å². The average molecular weight is 267 g/mol. The molecular weight excluding hydrogens is 246 g/mol. The molecule has 1 amide bonds. The SMILES string of the molecule is CCCCn1cc(C(=O)N(C)CCC(=O)O)c(C)n1. The van der Waals surface area contributed by atoms with Gasteiger partial charge in [0.15, 0.2) is 0 Å². The highest BCUT2D eigenvalue weighted by Crippen LogP contribution is 2.10. The van der Waals surface area contributed by atoms with Crippen LogP contribution in [0.25, 0.3) is 0 Å². The normalized spacial score (nSPS) is 10.5. The van der Waals surface area contributed by atoms with Gasteiger partial charge in [0.25, 0.3) is 5.91 Å². The summed E-state index contributed by atoms with van der Waals surface area (Å²) in [4.78, 5) is 24.1. The first-order valence-electron chi connectivity index (χ1n) is 6.47. The van der Waals surface area contributed by atoms with Crippen LogP contribution in [0, 0.1) is 6.92 Å². The standard InChI is InChI=1S/C13H21N3O3/c1-4-5-7-16-9-11(10(2)14-16)13(19)15(3)8-6-12(17)18/h9H,4-8H2,1-3H3,(H,17,18). The number of hydrogen-bond donors (Lipinski definition) is 1. The number of aromatic nitrogens is 2. The molecule has 0 spiro atoms. The van der Waals surface area contributed by atoms with Gasteiger partial charge in [0.2, 0.25) is 0 Å². The van der Waals surface area contributed by atoms with Gasteiger partial charge in [-0.3, -0.25) is 14.3 Å². The van der Waals surface area contributed by atoms with Crippen molar-refractivity contribution in [2.75, 3.05) is 13.6 Å². The van der Waals surface area contributed by atoms with Crippen LogP contribution in [0.3, 0.4) is 0 Å². The van der Waals surface area contributed by atoms with Crippen molar-refractivity contribution in [1.29, 1.82) is 0 Å². The zero-order chi connectivity index (χ0) is 14.4. The Balaban J connectivity index is 2.70. The van der Waals surface area contributed by atoms with Gasteiger partial charge in [0.05, 0.1) is 17.7 Å². The smallest absolute Gasteiger partial charge is 0.305 e. The number of aliphatic carboxylic acids is 1. The molecule has 1 aromatic heterocycles. The topological polar surface area (TPSA) is 75.4 Å². The van der Waals surface area contributed by atoms with Crippen molar-refractivity contribution in [3.8, 4) is 0 Å². The highest BCUT2D eigenvalue weighted by molar-refractivity contribution is 5.95. The van der Waals surface area contributed by atoms with Crippen LogP contribution >= 0.6 is 0 Å². The van der Waals surface area contributed by atoms with E-state index in [-0.39, 0.29) is 18.9 Å². The second kappa shape index (κ2) is 6.92. The van der Waals surface area contributed by atoms with Crippen LogP contribution in [0.1, 0.15) is 42.2 Å². The van der Waals surface area contributed by atoms with Crippen LogP contribution in [-0.4, -0.2) is 45.3 Å². The van der Waals surface area contributed by atoms with Gasteiger partial charge in [0, 0.05) is 26.3 Å². The molecular formula is C13H21N3O3. The molecule has 0 saturated heterocycles. The molecule has 0 aromatic carbocycles. The largest absolute Gasteiger partial charge is 0.481 e. The number of aryl methyl sites for hydroxylation is 2. The number of carboxylic acids is 1. The predicted molar refractivity (Wildman–Crippen MR) is 71.1 cm³/mol. The fourth-order valence-electron chi connectivity index (χ4n) is 1.73. The molecule has 1 heterocycles. The van der Waals surface area contributed by atoms with E-state index in [0.29, 0.717) is 11.3 Å². The lowest BCUT2D eigenvalue weighted by Crippen LogP contribution is -2.29. The lowest BCUT2D eigenvalue weighted by atomic mass is 10.2. The number of carboxylic acid groups (broad SMARTS) is 1. The van der Waals surface area contributed by atoms with E-state index in [2.05, 4.69) is 12.0 Å². The quantitative estimate of drug-likeness (QED) is 0.813. The summed E-state index contributed by atoms with van der Waals surface area (Å²) in [5.74, 6) is -1.09. The number of hydrogen-bond acceptors (Lipinski definition) is 3. The first-order chi connectivity index (χ1) is 8.95. The van der Waals surface area contributed by atoms with Gasteiger partial charge < -0.3 is 10.0 Å². The maximum atomic E-state index is 12.1. The predicted octanol–water partition coefficient (Wildman–Crippen LogP) is 1.54. The molecule has 0 atom stereocenters. The summed E-state index contributed by atoms with van der Waals surface area (Å²) in [6.45, 7) is 4.89. The van der Waals surface area contributed by atoms with Gasteiger partial charge in [-0.15, -0.1) is 0 Å². The molecule has 0 radical (unpaired) electrons. The van der Waals surface area contributed by atoms with Gasteiger partial charge >= 0.3 is 5.97 Å². The summed E-state index contributed by atoms with van der Waals surface area (Å²) >= 11 is 0. The number of carbonyl (C=O) groups is 2. The third-order valence-electron chi connectivity index (χ3n) is 2.93. The summed E-state index contributed by atoms with van der Waals surface area (Å²) < 4.78 is 1.77. The molecule has 6 heteroatoms. The molecule has 106 valence electrons. The number of unbranched alkanes of at least 4 members (excludes halogenated alkanes) is 1. The molecule has 0 aliphatic heterocycles. The molecule has 6 nitrogen and oxygen atoms in total. The fourth-order valence-corrected chi connectivity index (χ4v) is 1.73. The van der Waals surface area contributed by atoms with Gasteiger partial charge in [-0.2, -0.15) is 5.10 Å². The van der Waals surface area contributed by atoms with Gasteiger partial charge in [-0.05, 0) is 13.3 Å². The molecule has 0 aliphatic rings. The Morgan fingerprint density at radius 1 is 1.47 bits per heavy atom. The van der Waals surface area contributed by atoms with Crippen molar-refractivity contribution in [1.82, 2.24) is 14.7 Å². The first-order valence-corrected chi connectivity index (χ1v) is 6.47. The number of amides is 1. The van der Waals surface area contributed by atoms with Crippen LogP contribution in [-0.2, 0) is 11.3 Å². The van der Waals surface area contributed by atoms with E-state index in [1.54, 1.807) is 24.9 Å². The molecule has 0 aliphatic carbocycles. The van der Waals surface area contributed by atoms with Gasteiger partial charge in [-0.25, -0.2) is 0 Å². The summed E-state index contributed by atoms with van der Waals surface area (Å²) in [5.41, 5.74) is 1.23. The molecule has 0 saturated carbocycles. The maximum absolute atomic E-state index is 12.1. The first kappa shape index (κ1) is 15.2. The Morgan fingerprint density at radius 3 is 2.74 bits per heavy atom. The van der Waals surface area contributed by atoms with Crippen LogP contribution in [0.4, 0.5) is 0 Å². The van der Waals surface area contributed by atoms with Crippen LogP contribution in [0.2, 0.25) is 0 Å². The lowest BCUT2D eigenvalue weighted by molar-refractivity contribution is -0.137. The van der Waals surface area contributed by atoms with Crippen LogP contribution in [0.5, 0.6) is 0 Å². The number of nitrogens with zero attached hydrogens (tertiary/aromatic N) is 3. The zero-order valence-electron chi connectivity index (χ0n) is 11.7.